The molecular weight excluding hydrogens is 329 g/mol. The summed E-state index contributed by atoms with van der Waals surface area (Å²) in [6.07, 6.45) is -4.44. The highest BCUT2D eigenvalue weighted by Crippen LogP contribution is 2.31. The van der Waals surface area contributed by atoms with Gasteiger partial charge in [-0.1, -0.05) is 12.1 Å². The van der Waals surface area contributed by atoms with E-state index in [4.69, 9.17) is 0 Å². The second-order valence-corrected chi connectivity index (χ2v) is 5.97. The highest BCUT2D eigenvalue weighted by molar-refractivity contribution is 9.11. The molecule has 18 heavy (non-hydrogen) atoms. The van der Waals surface area contributed by atoms with Crippen LogP contribution in [0.5, 0.6) is 0 Å². The third kappa shape index (κ3) is 2.81. The molecule has 1 heterocycles. The molecule has 0 spiro atoms. The van der Waals surface area contributed by atoms with Crippen molar-refractivity contribution in [3.8, 4) is 0 Å². The summed E-state index contributed by atoms with van der Waals surface area (Å²) in [4.78, 5) is 12.4. The van der Waals surface area contributed by atoms with Gasteiger partial charge in [0.05, 0.1) is 14.2 Å². The summed E-state index contributed by atoms with van der Waals surface area (Å²) in [6.45, 7) is 0. The van der Waals surface area contributed by atoms with Gasteiger partial charge in [0.2, 0.25) is 5.78 Å². The van der Waals surface area contributed by atoms with Crippen molar-refractivity contribution in [2.75, 3.05) is 0 Å². The Balaban J connectivity index is 2.37. The highest BCUT2D eigenvalue weighted by atomic mass is 79.9. The lowest BCUT2D eigenvalue weighted by atomic mass is 10.1. The molecule has 0 N–H and O–H groups in total. The van der Waals surface area contributed by atoms with Gasteiger partial charge in [0.25, 0.3) is 0 Å². The van der Waals surface area contributed by atoms with E-state index in [0.29, 0.717) is 4.88 Å². The third-order valence-electron chi connectivity index (χ3n) is 2.25. The molecule has 2 aromatic rings. The molecule has 0 bridgehead atoms. The molecule has 6 heteroatoms. The van der Waals surface area contributed by atoms with Crippen LogP contribution >= 0.6 is 27.3 Å². The van der Waals surface area contributed by atoms with Gasteiger partial charge in [0.1, 0.15) is 0 Å². The fraction of sp³-hybridized carbons (Fsp3) is 0.0833. The van der Waals surface area contributed by atoms with E-state index in [9.17, 15) is 18.0 Å². The molecule has 0 saturated carbocycles. The smallest absolute Gasteiger partial charge is 0.288 e. The first-order chi connectivity index (χ1) is 8.38. The van der Waals surface area contributed by atoms with Gasteiger partial charge >= 0.3 is 6.18 Å². The Morgan fingerprint density at radius 3 is 2.44 bits per heavy atom. The maximum atomic E-state index is 12.5. The minimum Gasteiger partial charge on any atom is -0.288 e. The van der Waals surface area contributed by atoms with Crippen LogP contribution in [0.25, 0.3) is 0 Å². The van der Waals surface area contributed by atoms with Crippen LogP contribution in [0, 0.1) is 0 Å². The summed E-state index contributed by atoms with van der Waals surface area (Å²) in [5.74, 6) is -0.406. The highest BCUT2D eigenvalue weighted by Gasteiger charge is 2.31. The lowest BCUT2D eigenvalue weighted by Crippen LogP contribution is -2.07. The van der Waals surface area contributed by atoms with E-state index in [1.54, 1.807) is 12.1 Å². The quantitative estimate of drug-likeness (QED) is 0.723. The van der Waals surface area contributed by atoms with Gasteiger partial charge in [-0.15, -0.1) is 11.3 Å². The van der Waals surface area contributed by atoms with E-state index in [0.717, 1.165) is 15.9 Å². The molecule has 0 aliphatic heterocycles. The minimum atomic E-state index is -4.44. The SMILES string of the molecule is O=C(c1cccc(C(F)(F)F)c1)c1ccc(Br)s1. The summed E-state index contributed by atoms with van der Waals surface area (Å²) < 4.78 is 38.3. The van der Waals surface area contributed by atoms with Crippen molar-refractivity contribution in [2.24, 2.45) is 0 Å². The number of carbonyl (C=O) groups is 1. The van der Waals surface area contributed by atoms with E-state index in [1.165, 1.54) is 23.5 Å². The van der Waals surface area contributed by atoms with Crippen molar-refractivity contribution in [3.05, 3.63) is 56.2 Å². The summed E-state index contributed by atoms with van der Waals surface area (Å²) in [5.41, 5.74) is -0.775. The second kappa shape index (κ2) is 4.85. The minimum absolute atomic E-state index is 0.0409. The summed E-state index contributed by atoms with van der Waals surface area (Å²) in [5, 5.41) is 0. The standard InChI is InChI=1S/C12H6BrF3OS/c13-10-5-4-9(18-10)11(17)7-2-1-3-8(6-7)12(14,15)16/h1-6H. The first kappa shape index (κ1) is 13.3. The number of ketones is 1. The van der Waals surface area contributed by atoms with Gasteiger partial charge < -0.3 is 0 Å². The second-order valence-electron chi connectivity index (χ2n) is 3.51. The van der Waals surface area contributed by atoms with Crippen molar-refractivity contribution < 1.29 is 18.0 Å². The zero-order valence-electron chi connectivity index (χ0n) is 8.79. The molecule has 2 rings (SSSR count). The number of hydrogen-bond donors (Lipinski definition) is 0. The topological polar surface area (TPSA) is 17.1 Å². The molecule has 0 aliphatic rings. The van der Waals surface area contributed by atoms with Crippen LogP contribution < -0.4 is 0 Å². The van der Waals surface area contributed by atoms with E-state index >= 15 is 0 Å². The number of halogens is 4. The molecule has 94 valence electrons. The van der Waals surface area contributed by atoms with Crippen LogP contribution in [0.3, 0.4) is 0 Å². The molecule has 0 amide bonds. The van der Waals surface area contributed by atoms with Crippen LogP contribution in [-0.4, -0.2) is 5.78 Å². The van der Waals surface area contributed by atoms with Crippen LogP contribution in [0.1, 0.15) is 20.8 Å². The number of rotatable bonds is 2. The van der Waals surface area contributed by atoms with Crippen LogP contribution in [0.15, 0.2) is 40.2 Å². The number of alkyl halides is 3. The molecule has 0 atom stereocenters. The van der Waals surface area contributed by atoms with Crippen LogP contribution in [0.4, 0.5) is 13.2 Å². The van der Waals surface area contributed by atoms with E-state index in [1.807, 2.05) is 0 Å². The Bertz CT molecular complexity index is 589. The van der Waals surface area contributed by atoms with Crippen LogP contribution in [-0.2, 0) is 6.18 Å². The molecule has 0 saturated heterocycles. The lowest BCUT2D eigenvalue weighted by molar-refractivity contribution is -0.137. The average molecular weight is 335 g/mol. The molecule has 1 aromatic carbocycles. The number of hydrogen-bond acceptors (Lipinski definition) is 2. The number of thiophene rings is 1. The molecule has 0 aliphatic carbocycles. The van der Waals surface area contributed by atoms with E-state index in [2.05, 4.69) is 15.9 Å². The number of carbonyl (C=O) groups excluding carboxylic acids is 1. The molecule has 1 nitrogen and oxygen atoms in total. The molecule has 0 fully saturated rings. The van der Waals surface area contributed by atoms with Gasteiger partial charge in [-0.3, -0.25) is 4.79 Å². The number of benzene rings is 1. The van der Waals surface area contributed by atoms with E-state index in [-0.39, 0.29) is 5.56 Å². The molecule has 0 unspecified atom stereocenters. The lowest BCUT2D eigenvalue weighted by Gasteiger charge is -2.07. The summed E-state index contributed by atoms with van der Waals surface area (Å²) >= 11 is 4.40. The Morgan fingerprint density at radius 2 is 1.89 bits per heavy atom. The third-order valence-corrected chi connectivity index (χ3v) is 3.87. The van der Waals surface area contributed by atoms with E-state index < -0.39 is 17.5 Å². The Morgan fingerprint density at radius 1 is 1.17 bits per heavy atom. The zero-order chi connectivity index (χ0) is 13.3. The fourth-order valence-electron chi connectivity index (χ4n) is 1.42. The summed E-state index contributed by atoms with van der Waals surface area (Å²) in [7, 11) is 0. The maximum absolute atomic E-state index is 12.5. The van der Waals surface area contributed by atoms with Crippen molar-refractivity contribution >= 4 is 33.0 Å². The zero-order valence-corrected chi connectivity index (χ0v) is 11.2. The Kier molecular flexibility index (Phi) is 3.59. The van der Waals surface area contributed by atoms with Gasteiger partial charge in [-0.05, 0) is 40.2 Å². The predicted molar refractivity (Wildman–Crippen MR) is 66.9 cm³/mol. The van der Waals surface area contributed by atoms with Gasteiger partial charge in [-0.2, -0.15) is 13.2 Å². The Hall–Kier alpha value is -1.14. The maximum Gasteiger partial charge on any atom is 0.416 e. The first-order valence-electron chi connectivity index (χ1n) is 4.85. The Labute approximate surface area is 113 Å². The fourth-order valence-corrected chi connectivity index (χ4v) is 2.76. The largest absolute Gasteiger partial charge is 0.416 e. The summed E-state index contributed by atoms with van der Waals surface area (Å²) in [6, 6.07) is 7.70. The van der Waals surface area contributed by atoms with Crippen LogP contribution in [0.2, 0.25) is 0 Å². The van der Waals surface area contributed by atoms with Crippen molar-refractivity contribution in [2.45, 2.75) is 6.18 Å². The molecule has 0 radical (unpaired) electrons. The monoisotopic (exact) mass is 334 g/mol. The predicted octanol–water partition coefficient (Wildman–Crippen LogP) is 4.76. The normalized spacial score (nSPS) is 11.6. The molecular formula is C12H6BrF3OS. The van der Waals surface area contributed by atoms with Crippen molar-refractivity contribution in [1.29, 1.82) is 0 Å². The molecule has 1 aromatic heterocycles. The van der Waals surface area contributed by atoms with Gasteiger partial charge in [0, 0.05) is 5.56 Å². The van der Waals surface area contributed by atoms with Gasteiger partial charge in [0.15, 0.2) is 0 Å². The van der Waals surface area contributed by atoms with Crippen molar-refractivity contribution in [1.82, 2.24) is 0 Å². The first-order valence-corrected chi connectivity index (χ1v) is 6.46. The van der Waals surface area contributed by atoms with Crippen molar-refractivity contribution in [3.63, 3.8) is 0 Å². The average Bonchev–Trinajstić information content (AvgIpc) is 2.74. The van der Waals surface area contributed by atoms with Gasteiger partial charge in [-0.25, -0.2) is 0 Å².